The maximum atomic E-state index is 14.1. The zero-order valence-corrected chi connectivity index (χ0v) is 18.1. The number of nitrogens with zero attached hydrogens (tertiary/aromatic N) is 2. The molecule has 3 aromatic rings. The molecular formula is C22H14ClFN2O5S. The van der Waals surface area contributed by atoms with Crippen molar-refractivity contribution in [3.8, 4) is 11.3 Å². The van der Waals surface area contributed by atoms with Crippen molar-refractivity contribution in [1.29, 1.82) is 0 Å². The van der Waals surface area contributed by atoms with Gasteiger partial charge >= 0.3 is 0 Å². The first kappa shape index (κ1) is 21.8. The molecule has 0 bridgehead atoms. The number of hydrogen-bond acceptors (Lipinski definition) is 6. The van der Waals surface area contributed by atoms with Crippen molar-refractivity contribution in [1.82, 2.24) is 4.90 Å². The highest BCUT2D eigenvalue weighted by Gasteiger charge is 2.36. The highest BCUT2D eigenvalue weighted by atomic mass is 35.5. The second-order valence-electron chi connectivity index (χ2n) is 6.93. The van der Waals surface area contributed by atoms with Crippen LogP contribution in [0.4, 0.5) is 14.9 Å². The molecule has 7 nitrogen and oxygen atoms in total. The third-order valence-electron chi connectivity index (χ3n) is 4.84. The van der Waals surface area contributed by atoms with Crippen LogP contribution in [0.3, 0.4) is 0 Å². The van der Waals surface area contributed by atoms with Crippen LogP contribution < -0.4 is 0 Å². The van der Waals surface area contributed by atoms with Gasteiger partial charge in [0.2, 0.25) is 0 Å². The quantitative estimate of drug-likeness (QED) is 0.249. The van der Waals surface area contributed by atoms with Crippen LogP contribution in [0.5, 0.6) is 0 Å². The number of amides is 2. The summed E-state index contributed by atoms with van der Waals surface area (Å²) < 4.78 is 19.8. The van der Waals surface area contributed by atoms with Crippen LogP contribution in [0.2, 0.25) is 5.02 Å². The van der Waals surface area contributed by atoms with E-state index in [0.717, 1.165) is 4.90 Å². The number of benzene rings is 2. The Labute approximate surface area is 190 Å². The van der Waals surface area contributed by atoms with E-state index in [1.54, 1.807) is 31.2 Å². The van der Waals surface area contributed by atoms with E-state index in [2.05, 4.69) is 0 Å². The molecule has 0 aliphatic carbocycles. The number of nitro benzene ring substituents is 1. The summed E-state index contributed by atoms with van der Waals surface area (Å²) in [6.07, 6.45) is 1.40. The fourth-order valence-corrected chi connectivity index (χ4v) is 4.19. The molecule has 0 atom stereocenters. The van der Waals surface area contributed by atoms with Gasteiger partial charge in [0.1, 0.15) is 17.3 Å². The maximum absolute atomic E-state index is 14.1. The summed E-state index contributed by atoms with van der Waals surface area (Å²) in [6, 6.07) is 12.0. The summed E-state index contributed by atoms with van der Waals surface area (Å²) in [5.41, 5.74) is 1.05. The van der Waals surface area contributed by atoms with E-state index in [-0.39, 0.29) is 33.5 Å². The smallest absolute Gasteiger partial charge is 0.293 e. The van der Waals surface area contributed by atoms with E-state index < -0.39 is 21.9 Å². The summed E-state index contributed by atoms with van der Waals surface area (Å²) >= 11 is 6.71. The van der Waals surface area contributed by atoms with Gasteiger partial charge in [-0.3, -0.25) is 24.6 Å². The third kappa shape index (κ3) is 4.17. The molecule has 0 N–H and O–H groups in total. The van der Waals surface area contributed by atoms with E-state index in [4.69, 9.17) is 16.0 Å². The van der Waals surface area contributed by atoms with Gasteiger partial charge in [0.25, 0.3) is 16.8 Å². The van der Waals surface area contributed by atoms with E-state index in [1.165, 1.54) is 30.3 Å². The molecule has 162 valence electrons. The molecule has 1 saturated heterocycles. The number of rotatable bonds is 5. The highest BCUT2D eigenvalue weighted by Crippen LogP contribution is 2.36. The Bertz CT molecular complexity index is 1280. The molecule has 2 aromatic carbocycles. The molecule has 1 fully saturated rings. The van der Waals surface area contributed by atoms with E-state index >= 15 is 0 Å². The standard InChI is InChI=1S/C22H14ClFN2O5S/c1-12-5-6-13(9-18(12)26(29)30)19-8-7-14(31-19)10-20-21(27)25(22(28)32-20)11-15-16(23)3-2-4-17(15)24/h2-10H,11H2,1H3/b20-10-. The van der Waals surface area contributed by atoms with Gasteiger partial charge in [-0.2, -0.15) is 0 Å². The number of carbonyl (C=O) groups is 2. The van der Waals surface area contributed by atoms with Gasteiger partial charge in [-0.05, 0) is 43.0 Å². The number of halogens is 2. The molecule has 10 heteroatoms. The number of aryl methyl sites for hydroxylation is 1. The lowest BCUT2D eigenvalue weighted by Gasteiger charge is -2.14. The lowest BCUT2D eigenvalue weighted by molar-refractivity contribution is -0.385. The van der Waals surface area contributed by atoms with Gasteiger partial charge in [-0.25, -0.2) is 4.39 Å². The zero-order chi connectivity index (χ0) is 23.0. The average Bonchev–Trinajstić information content (AvgIpc) is 3.30. The molecule has 2 amide bonds. The molecule has 1 aromatic heterocycles. The van der Waals surface area contributed by atoms with Crippen molar-refractivity contribution in [2.24, 2.45) is 0 Å². The van der Waals surface area contributed by atoms with Gasteiger partial charge in [-0.1, -0.05) is 29.8 Å². The average molecular weight is 473 g/mol. The largest absolute Gasteiger partial charge is 0.457 e. The maximum Gasteiger partial charge on any atom is 0.293 e. The third-order valence-corrected chi connectivity index (χ3v) is 6.10. The second-order valence-corrected chi connectivity index (χ2v) is 8.33. The van der Waals surface area contributed by atoms with Crippen molar-refractivity contribution >= 4 is 46.3 Å². The zero-order valence-electron chi connectivity index (χ0n) is 16.5. The summed E-state index contributed by atoms with van der Waals surface area (Å²) in [5, 5.41) is 10.7. The van der Waals surface area contributed by atoms with Crippen LogP contribution >= 0.6 is 23.4 Å². The molecule has 32 heavy (non-hydrogen) atoms. The van der Waals surface area contributed by atoms with Crippen molar-refractivity contribution in [2.75, 3.05) is 0 Å². The Hall–Kier alpha value is -3.43. The number of nitro groups is 1. The molecule has 0 saturated carbocycles. The van der Waals surface area contributed by atoms with Crippen LogP contribution in [-0.4, -0.2) is 21.0 Å². The molecule has 2 heterocycles. The minimum absolute atomic E-state index is 0.0339. The predicted octanol–water partition coefficient (Wildman–Crippen LogP) is 6.19. The van der Waals surface area contributed by atoms with Gasteiger partial charge in [-0.15, -0.1) is 0 Å². The molecule has 4 rings (SSSR count). The van der Waals surface area contributed by atoms with Gasteiger partial charge < -0.3 is 4.42 Å². The number of hydrogen-bond donors (Lipinski definition) is 0. The minimum atomic E-state index is -0.608. The number of furan rings is 1. The Morgan fingerprint density at radius 1 is 1.22 bits per heavy atom. The normalized spacial score (nSPS) is 15.1. The highest BCUT2D eigenvalue weighted by molar-refractivity contribution is 8.18. The van der Waals surface area contributed by atoms with Gasteiger partial charge in [0.05, 0.1) is 16.4 Å². The molecular weight excluding hydrogens is 459 g/mol. The Morgan fingerprint density at radius 2 is 2.00 bits per heavy atom. The topological polar surface area (TPSA) is 93.7 Å². The first-order valence-corrected chi connectivity index (χ1v) is 10.5. The monoisotopic (exact) mass is 472 g/mol. The Morgan fingerprint density at radius 3 is 2.72 bits per heavy atom. The van der Waals surface area contributed by atoms with Crippen LogP contribution in [0.15, 0.2) is 57.9 Å². The lowest BCUT2D eigenvalue weighted by Crippen LogP contribution is -2.28. The second kappa shape index (κ2) is 8.60. The first-order chi connectivity index (χ1) is 15.2. The Balaban J connectivity index is 1.57. The van der Waals surface area contributed by atoms with Crippen LogP contribution in [0, 0.1) is 22.9 Å². The fraction of sp³-hybridized carbons (Fsp3) is 0.0909. The van der Waals surface area contributed by atoms with Crippen molar-refractivity contribution < 1.29 is 23.3 Å². The number of imide groups is 1. The van der Waals surface area contributed by atoms with Gasteiger partial charge in [0.15, 0.2) is 0 Å². The fourth-order valence-electron chi connectivity index (χ4n) is 3.15. The van der Waals surface area contributed by atoms with Crippen LogP contribution in [-0.2, 0) is 11.3 Å². The van der Waals surface area contributed by atoms with Crippen LogP contribution in [0.1, 0.15) is 16.9 Å². The number of thioether (sulfide) groups is 1. The minimum Gasteiger partial charge on any atom is -0.457 e. The summed E-state index contributed by atoms with van der Waals surface area (Å²) in [6.45, 7) is 1.35. The molecule has 0 radical (unpaired) electrons. The van der Waals surface area contributed by atoms with E-state index in [9.17, 15) is 24.1 Å². The Kier molecular flexibility index (Phi) is 5.86. The first-order valence-electron chi connectivity index (χ1n) is 9.28. The van der Waals surface area contributed by atoms with Crippen molar-refractivity contribution in [3.05, 3.63) is 91.3 Å². The summed E-state index contributed by atoms with van der Waals surface area (Å²) in [5.74, 6) is -0.541. The summed E-state index contributed by atoms with van der Waals surface area (Å²) in [4.78, 5) is 36.8. The molecule has 1 aliphatic heterocycles. The van der Waals surface area contributed by atoms with Gasteiger partial charge in [0, 0.05) is 33.9 Å². The molecule has 0 spiro atoms. The van der Waals surface area contributed by atoms with Crippen LogP contribution in [0.25, 0.3) is 17.4 Å². The van der Waals surface area contributed by atoms with Crippen molar-refractivity contribution in [3.63, 3.8) is 0 Å². The predicted molar refractivity (Wildman–Crippen MR) is 118 cm³/mol. The number of carbonyl (C=O) groups excluding carboxylic acids is 2. The van der Waals surface area contributed by atoms with Crippen molar-refractivity contribution in [2.45, 2.75) is 13.5 Å². The SMILES string of the molecule is Cc1ccc(-c2ccc(/C=C3\SC(=O)N(Cc4c(F)cccc4Cl)C3=O)o2)cc1[N+](=O)[O-]. The summed E-state index contributed by atoms with van der Waals surface area (Å²) in [7, 11) is 0. The van der Waals surface area contributed by atoms with E-state index in [1.807, 2.05) is 0 Å². The molecule has 0 unspecified atom stereocenters. The lowest BCUT2D eigenvalue weighted by atomic mass is 10.1. The van der Waals surface area contributed by atoms with E-state index in [0.29, 0.717) is 28.6 Å². The molecule has 1 aliphatic rings.